The van der Waals surface area contributed by atoms with Gasteiger partial charge in [-0.2, -0.15) is 0 Å². The highest BCUT2D eigenvalue weighted by Crippen LogP contribution is 2.14. The van der Waals surface area contributed by atoms with Gasteiger partial charge in [-0.15, -0.1) is 0 Å². The molecule has 0 amide bonds. The maximum absolute atomic E-state index is 10.5. The van der Waals surface area contributed by atoms with E-state index < -0.39 is 5.97 Å². The van der Waals surface area contributed by atoms with Crippen molar-refractivity contribution in [3.63, 3.8) is 0 Å². The minimum atomic E-state index is -0.860. The molecular weight excluding hydrogens is 180 g/mol. The summed E-state index contributed by atoms with van der Waals surface area (Å²) in [7, 11) is 0. The molecule has 0 saturated heterocycles. The second-order valence-corrected chi connectivity index (χ2v) is 3.24. The van der Waals surface area contributed by atoms with Gasteiger partial charge in [0.25, 0.3) is 0 Å². The molecule has 0 saturated carbocycles. The summed E-state index contributed by atoms with van der Waals surface area (Å²) in [6, 6.07) is 7.10. The van der Waals surface area contributed by atoms with Crippen molar-refractivity contribution in [2.24, 2.45) is 0 Å². The standard InChI is InChI=1S/C11H12O3/c1-8(7-12)10-4-2-3-9(5-10)6-11(13)14/h2-5,7-8H,6H2,1H3,(H,13,14). The maximum atomic E-state index is 10.5. The number of hydrogen-bond acceptors (Lipinski definition) is 2. The normalized spacial score (nSPS) is 12.1. The Morgan fingerprint density at radius 3 is 2.86 bits per heavy atom. The van der Waals surface area contributed by atoms with Crippen LogP contribution in [0.4, 0.5) is 0 Å². The van der Waals surface area contributed by atoms with Crippen LogP contribution in [-0.4, -0.2) is 17.4 Å². The van der Waals surface area contributed by atoms with Crippen LogP contribution in [0.25, 0.3) is 0 Å². The largest absolute Gasteiger partial charge is 0.481 e. The van der Waals surface area contributed by atoms with Crippen molar-refractivity contribution in [2.75, 3.05) is 0 Å². The lowest BCUT2D eigenvalue weighted by Gasteiger charge is -2.05. The summed E-state index contributed by atoms with van der Waals surface area (Å²) in [6.45, 7) is 1.78. The zero-order chi connectivity index (χ0) is 10.6. The van der Waals surface area contributed by atoms with Gasteiger partial charge in [0.1, 0.15) is 6.29 Å². The molecule has 14 heavy (non-hydrogen) atoms. The van der Waals surface area contributed by atoms with Crippen LogP contribution >= 0.6 is 0 Å². The van der Waals surface area contributed by atoms with E-state index in [1.54, 1.807) is 25.1 Å². The first kappa shape index (κ1) is 10.4. The van der Waals surface area contributed by atoms with E-state index in [2.05, 4.69) is 0 Å². The van der Waals surface area contributed by atoms with Gasteiger partial charge in [0.2, 0.25) is 0 Å². The highest BCUT2D eigenvalue weighted by atomic mass is 16.4. The van der Waals surface area contributed by atoms with E-state index in [9.17, 15) is 9.59 Å². The molecule has 0 heterocycles. The van der Waals surface area contributed by atoms with Gasteiger partial charge in [-0.05, 0) is 11.1 Å². The molecule has 0 aliphatic rings. The van der Waals surface area contributed by atoms with E-state index in [0.29, 0.717) is 0 Å². The summed E-state index contributed by atoms with van der Waals surface area (Å²) in [6.07, 6.45) is 0.847. The Morgan fingerprint density at radius 2 is 2.29 bits per heavy atom. The Bertz CT molecular complexity index is 344. The Morgan fingerprint density at radius 1 is 1.57 bits per heavy atom. The average molecular weight is 192 g/mol. The topological polar surface area (TPSA) is 54.4 Å². The van der Waals surface area contributed by atoms with Crippen LogP contribution in [0, 0.1) is 0 Å². The number of carboxylic acids is 1. The molecule has 0 fully saturated rings. The number of hydrogen-bond donors (Lipinski definition) is 1. The van der Waals surface area contributed by atoms with Crippen LogP contribution in [0.1, 0.15) is 24.0 Å². The first-order valence-electron chi connectivity index (χ1n) is 4.39. The molecule has 0 radical (unpaired) electrons. The quantitative estimate of drug-likeness (QED) is 0.737. The summed E-state index contributed by atoms with van der Waals surface area (Å²) in [4.78, 5) is 21.0. The number of carboxylic acid groups (broad SMARTS) is 1. The summed E-state index contributed by atoms with van der Waals surface area (Å²) in [5.41, 5.74) is 1.59. The van der Waals surface area contributed by atoms with Gasteiger partial charge in [0.15, 0.2) is 0 Å². The van der Waals surface area contributed by atoms with Crippen molar-refractivity contribution < 1.29 is 14.7 Å². The Hall–Kier alpha value is -1.64. The minimum absolute atomic E-state index is 0.000578. The van der Waals surface area contributed by atoms with Crippen molar-refractivity contribution in [1.82, 2.24) is 0 Å². The highest BCUT2D eigenvalue weighted by Gasteiger charge is 2.05. The molecule has 0 aromatic heterocycles. The number of aliphatic carboxylic acids is 1. The minimum Gasteiger partial charge on any atom is -0.481 e. The van der Waals surface area contributed by atoms with Crippen molar-refractivity contribution in [1.29, 1.82) is 0 Å². The molecule has 1 atom stereocenters. The lowest BCUT2D eigenvalue weighted by atomic mass is 9.99. The van der Waals surface area contributed by atoms with Gasteiger partial charge in [-0.3, -0.25) is 4.79 Å². The summed E-state index contributed by atoms with van der Waals surface area (Å²) in [5, 5.41) is 8.58. The highest BCUT2D eigenvalue weighted by molar-refractivity contribution is 5.70. The first-order chi connectivity index (χ1) is 6.63. The van der Waals surface area contributed by atoms with Gasteiger partial charge in [0, 0.05) is 5.92 Å². The number of carbonyl (C=O) groups is 2. The number of aldehydes is 1. The fourth-order valence-corrected chi connectivity index (χ4v) is 1.24. The zero-order valence-corrected chi connectivity index (χ0v) is 7.93. The molecule has 0 aliphatic carbocycles. The number of benzene rings is 1. The van der Waals surface area contributed by atoms with E-state index in [4.69, 9.17) is 5.11 Å². The van der Waals surface area contributed by atoms with Gasteiger partial charge in [-0.25, -0.2) is 0 Å². The van der Waals surface area contributed by atoms with E-state index in [0.717, 1.165) is 17.4 Å². The van der Waals surface area contributed by atoms with E-state index in [1.165, 1.54) is 0 Å². The van der Waals surface area contributed by atoms with Crippen LogP contribution in [0.3, 0.4) is 0 Å². The Labute approximate surface area is 82.4 Å². The summed E-state index contributed by atoms with van der Waals surface area (Å²) < 4.78 is 0. The molecule has 0 aliphatic heterocycles. The molecule has 1 rings (SSSR count). The third-order valence-electron chi connectivity index (χ3n) is 2.04. The van der Waals surface area contributed by atoms with Gasteiger partial charge in [0.05, 0.1) is 6.42 Å². The average Bonchev–Trinajstić information content (AvgIpc) is 2.16. The van der Waals surface area contributed by atoms with Gasteiger partial charge >= 0.3 is 5.97 Å². The third kappa shape index (κ3) is 2.69. The molecule has 0 spiro atoms. The van der Waals surface area contributed by atoms with Crippen LogP contribution < -0.4 is 0 Å². The van der Waals surface area contributed by atoms with Crippen molar-refractivity contribution in [3.05, 3.63) is 35.4 Å². The molecule has 1 aromatic carbocycles. The maximum Gasteiger partial charge on any atom is 0.307 e. The number of carbonyl (C=O) groups excluding carboxylic acids is 1. The molecule has 3 nitrogen and oxygen atoms in total. The second-order valence-electron chi connectivity index (χ2n) is 3.24. The van der Waals surface area contributed by atoms with Gasteiger partial charge in [-0.1, -0.05) is 31.2 Å². The van der Waals surface area contributed by atoms with Gasteiger partial charge < -0.3 is 9.90 Å². The molecular formula is C11H12O3. The predicted molar refractivity (Wildman–Crippen MR) is 52.3 cm³/mol. The lowest BCUT2D eigenvalue weighted by Crippen LogP contribution is -2.01. The summed E-state index contributed by atoms with van der Waals surface area (Å²) >= 11 is 0. The molecule has 3 heteroatoms. The zero-order valence-electron chi connectivity index (χ0n) is 7.93. The molecule has 74 valence electrons. The van der Waals surface area contributed by atoms with E-state index in [1.807, 2.05) is 6.07 Å². The summed E-state index contributed by atoms with van der Waals surface area (Å²) in [5.74, 6) is -1.04. The smallest absolute Gasteiger partial charge is 0.307 e. The fraction of sp³-hybridized carbons (Fsp3) is 0.273. The molecule has 0 bridgehead atoms. The Kier molecular flexibility index (Phi) is 3.40. The number of rotatable bonds is 4. The Balaban J connectivity index is 2.88. The predicted octanol–water partition coefficient (Wildman–Crippen LogP) is 1.62. The van der Waals surface area contributed by atoms with E-state index >= 15 is 0 Å². The van der Waals surface area contributed by atoms with Crippen molar-refractivity contribution in [2.45, 2.75) is 19.3 Å². The van der Waals surface area contributed by atoms with Crippen LogP contribution in [0.5, 0.6) is 0 Å². The fourth-order valence-electron chi connectivity index (χ4n) is 1.24. The monoisotopic (exact) mass is 192 g/mol. The first-order valence-corrected chi connectivity index (χ1v) is 4.39. The van der Waals surface area contributed by atoms with Crippen molar-refractivity contribution in [3.8, 4) is 0 Å². The van der Waals surface area contributed by atoms with Crippen LogP contribution in [0.2, 0.25) is 0 Å². The second kappa shape index (κ2) is 4.56. The SMILES string of the molecule is CC(C=O)c1cccc(CC(=O)O)c1. The van der Waals surface area contributed by atoms with Crippen molar-refractivity contribution >= 4 is 12.3 Å². The molecule has 1 unspecified atom stereocenters. The third-order valence-corrected chi connectivity index (χ3v) is 2.04. The molecule has 1 aromatic rings. The van der Waals surface area contributed by atoms with Crippen LogP contribution in [-0.2, 0) is 16.0 Å². The van der Waals surface area contributed by atoms with Crippen LogP contribution in [0.15, 0.2) is 24.3 Å². The molecule has 1 N–H and O–H groups in total. The van der Waals surface area contributed by atoms with E-state index in [-0.39, 0.29) is 12.3 Å². The lowest BCUT2D eigenvalue weighted by molar-refractivity contribution is -0.136.